The van der Waals surface area contributed by atoms with Crippen LogP contribution in [-0.2, 0) is 0 Å². The molecule has 1 aromatic carbocycles. The van der Waals surface area contributed by atoms with E-state index in [4.69, 9.17) is 4.74 Å². The maximum atomic E-state index is 10.6. The molecule has 0 saturated heterocycles. The molecule has 1 rings (SSSR count). The van der Waals surface area contributed by atoms with Gasteiger partial charge >= 0.3 is 0 Å². The van der Waals surface area contributed by atoms with Crippen LogP contribution in [0.1, 0.15) is 26.3 Å². The number of aldehydes is 2. The van der Waals surface area contributed by atoms with Crippen molar-refractivity contribution in [2.24, 2.45) is 0 Å². The van der Waals surface area contributed by atoms with Crippen LogP contribution in [0, 0.1) is 6.92 Å². The van der Waals surface area contributed by atoms with Crippen molar-refractivity contribution in [3.63, 3.8) is 0 Å². The van der Waals surface area contributed by atoms with E-state index in [0.29, 0.717) is 29.4 Å². The zero-order valence-corrected chi connectivity index (χ0v) is 7.53. The normalized spacial score (nSPS) is 9.38. The quantitative estimate of drug-likeness (QED) is 0.660. The largest absolute Gasteiger partial charge is 0.496 e. The molecule has 0 unspecified atom stereocenters. The second-order valence-electron chi connectivity index (χ2n) is 2.69. The van der Waals surface area contributed by atoms with Gasteiger partial charge in [-0.3, -0.25) is 9.59 Å². The Hall–Kier alpha value is -1.64. The lowest BCUT2D eigenvalue weighted by Gasteiger charge is -2.06. The zero-order chi connectivity index (χ0) is 9.84. The Balaban J connectivity index is 3.34. The smallest absolute Gasteiger partial charge is 0.150 e. The van der Waals surface area contributed by atoms with E-state index in [-0.39, 0.29) is 0 Å². The number of methoxy groups -OCH3 is 1. The van der Waals surface area contributed by atoms with Crippen molar-refractivity contribution in [2.75, 3.05) is 7.11 Å². The number of hydrogen-bond acceptors (Lipinski definition) is 3. The summed E-state index contributed by atoms with van der Waals surface area (Å²) >= 11 is 0. The van der Waals surface area contributed by atoms with Gasteiger partial charge in [-0.15, -0.1) is 0 Å². The summed E-state index contributed by atoms with van der Waals surface area (Å²) in [5.74, 6) is 0.618. The SMILES string of the molecule is COc1cc(C=O)c(C=O)cc1C. The minimum absolute atomic E-state index is 0.359. The fraction of sp³-hybridized carbons (Fsp3) is 0.200. The first-order valence-electron chi connectivity index (χ1n) is 3.82. The molecule has 13 heavy (non-hydrogen) atoms. The molecular weight excluding hydrogens is 168 g/mol. The molecule has 0 atom stereocenters. The highest BCUT2D eigenvalue weighted by Gasteiger charge is 2.05. The van der Waals surface area contributed by atoms with Crippen LogP contribution in [0.5, 0.6) is 5.75 Å². The minimum atomic E-state index is 0.359. The number of rotatable bonds is 3. The van der Waals surface area contributed by atoms with E-state index >= 15 is 0 Å². The standard InChI is InChI=1S/C10H10O3/c1-7-3-8(5-11)9(6-12)4-10(7)13-2/h3-6H,1-2H3. The molecule has 0 saturated carbocycles. The van der Waals surface area contributed by atoms with Crippen LogP contribution in [0.3, 0.4) is 0 Å². The average Bonchev–Trinajstić information content (AvgIpc) is 2.17. The fourth-order valence-corrected chi connectivity index (χ4v) is 1.15. The molecule has 68 valence electrons. The van der Waals surface area contributed by atoms with E-state index in [1.54, 1.807) is 12.1 Å². The van der Waals surface area contributed by atoms with E-state index in [9.17, 15) is 9.59 Å². The molecule has 0 aromatic heterocycles. The van der Waals surface area contributed by atoms with Gasteiger partial charge in [0.1, 0.15) is 5.75 Å². The molecule has 0 heterocycles. The topological polar surface area (TPSA) is 43.4 Å². The Labute approximate surface area is 76.3 Å². The van der Waals surface area contributed by atoms with Gasteiger partial charge in [0.25, 0.3) is 0 Å². The van der Waals surface area contributed by atoms with Gasteiger partial charge in [-0.1, -0.05) is 0 Å². The summed E-state index contributed by atoms with van der Waals surface area (Å²) in [6.07, 6.45) is 1.31. The molecule has 3 heteroatoms. The fourth-order valence-electron chi connectivity index (χ4n) is 1.15. The predicted molar refractivity (Wildman–Crippen MR) is 48.5 cm³/mol. The maximum Gasteiger partial charge on any atom is 0.150 e. The summed E-state index contributed by atoms with van der Waals surface area (Å²) in [7, 11) is 1.53. The van der Waals surface area contributed by atoms with Crippen molar-refractivity contribution in [3.05, 3.63) is 28.8 Å². The van der Waals surface area contributed by atoms with Gasteiger partial charge < -0.3 is 4.74 Å². The summed E-state index contributed by atoms with van der Waals surface area (Å²) in [6, 6.07) is 3.20. The number of hydrogen-bond donors (Lipinski definition) is 0. The van der Waals surface area contributed by atoms with Gasteiger partial charge in [0.15, 0.2) is 12.6 Å². The molecule has 1 aromatic rings. The lowest BCUT2D eigenvalue weighted by molar-refractivity contribution is 0.109. The first-order chi connectivity index (χ1) is 6.22. The Morgan fingerprint density at radius 2 is 1.69 bits per heavy atom. The summed E-state index contributed by atoms with van der Waals surface area (Å²) in [6.45, 7) is 1.82. The second kappa shape index (κ2) is 3.85. The number of aryl methyl sites for hydroxylation is 1. The maximum absolute atomic E-state index is 10.6. The summed E-state index contributed by atoms with van der Waals surface area (Å²) in [5.41, 5.74) is 1.60. The highest BCUT2D eigenvalue weighted by molar-refractivity contribution is 5.91. The summed E-state index contributed by atoms with van der Waals surface area (Å²) in [5, 5.41) is 0. The van der Waals surface area contributed by atoms with Gasteiger partial charge in [0.2, 0.25) is 0 Å². The molecule has 3 nitrogen and oxygen atoms in total. The van der Waals surface area contributed by atoms with Crippen molar-refractivity contribution in [2.45, 2.75) is 6.92 Å². The van der Waals surface area contributed by atoms with Gasteiger partial charge in [0.05, 0.1) is 7.11 Å². The van der Waals surface area contributed by atoms with Crippen LogP contribution in [0.4, 0.5) is 0 Å². The van der Waals surface area contributed by atoms with Crippen molar-refractivity contribution in [3.8, 4) is 5.75 Å². The van der Waals surface area contributed by atoms with Crippen LogP contribution in [-0.4, -0.2) is 19.7 Å². The molecule has 0 N–H and O–H groups in total. The molecule has 0 aliphatic heterocycles. The first-order valence-corrected chi connectivity index (χ1v) is 3.82. The van der Waals surface area contributed by atoms with Crippen molar-refractivity contribution in [1.29, 1.82) is 0 Å². The Bertz CT molecular complexity index is 342. The van der Waals surface area contributed by atoms with E-state index in [1.807, 2.05) is 6.92 Å². The predicted octanol–water partition coefficient (Wildman–Crippen LogP) is 1.63. The lowest BCUT2D eigenvalue weighted by atomic mass is 10.1. The van der Waals surface area contributed by atoms with Crippen molar-refractivity contribution >= 4 is 12.6 Å². The Kier molecular flexibility index (Phi) is 2.80. The summed E-state index contributed by atoms with van der Waals surface area (Å²) in [4.78, 5) is 21.1. The van der Waals surface area contributed by atoms with Crippen molar-refractivity contribution < 1.29 is 14.3 Å². The average molecular weight is 178 g/mol. The van der Waals surface area contributed by atoms with E-state index < -0.39 is 0 Å². The minimum Gasteiger partial charge on any atom is -0.496 e. The molecular formula is C10H10O3. The monoisotopic (exact) mass is 178 g/mol. The molecule has 0 fully saturated rings. The lowest BCUT2D eigenvalue weighted by Crippen LogP contribution is -1.95. The van der Waals surface area contributed by atoms with Crippen LogP contribution >= 0.6 is 0 Å². The number of benzene rings is 1. The van der Waals surface area contributed by atoms with E-state index in [1.165, 1.54) is 7.11 Å². The van der Waals surface area contributed by atoms with Gasteiger partial charge in [-0.2, -0.15) is 0 Å². The third kappa shape index (κ3) is 1.75. The van der Waals surface area contributed by atoms with Crippen LogP contribution in [0.15, 0.2) is 12.1 Å². The van der Waals surface area contributed by atoms with E-state index in [0.717, 1.165) is 5.56 Å². The number of carbonyl (C=O) groups is 2. The molecule has 0 spiro atoms. The van der Waals surface area contributed by atoms with Crippen LogP contribution < -0.4 is 4.74 Å². The van der Waals surface area contributed by atoms with Gasteiger partial charge in [-0.05, 0) is 24.6 Å². The highest BCUT2D eigenvalue weighted by Crippen LogP contribution is 2.20. The second-order valence-corrected chi connectivity index (χ2v) is 2.69. The number of ether oxygens (including phenoxy) is 1. The molecule has 0 radical (unpaired) electrons. The van der Waals surface area contributed by atoms with Crippen LogP contribution in [0.25, 0.3) is 0 Å². The Morgan fingerprint density at radius 1 is 1.15 bits per heavy atom. The van der Waals surface area contributed by atoms with Gasteiger partial charge in [-0.25, -0.2) is 0 Å². The molecule has 0 amide bonds. The highest BCUT2D eigenvalue weighted by atomic mass is 16.5. The Morgan fingerprint density at radius 3 is 2.15 bits per heavy atom. The van der Waals surface area contributed by atoms with Crippen molar-refractivity contribution in [1.82, 2.24) is 0 Å². The third-order valence-electron chi connectivity index (χ3n) is 1.85. The first kappa shape index (κ1) is 9.45. The van der Waals surface area contributed by atoms with E-state index in [2.05, 4.69) is 0 Å². The van der Waals surface area contributed by atoms with Gasteiger partial charge in [0, 0.05) is 11.1 Å². The molecule has 0 aliphatic carbocycles. The third-order valence-corrected chi connectivity index (χ3v) is 1.85. The summed E-state index contributed by atoms with van der Waals surface area (Å²) < 4.78 is 5.01. The van der Waals surface area contributed by atoms with Crippen LogP contribution in [0.2, 0.25) is 0 Å². The molecule has 0 bridgehead atoms. The molecule has 0 aliphatic rings. The zero-order valence-electron chi connectivity index (χ0n) is 7.53. The number of carbonyl (C=O) groups excluding carboxylic acids is 2.